The van der Waals surface area contributed by atoms with Gasteiger partial charge in [0, 0.05) is 31.7 Å². The quantitative estimate of drug-likeness (QED) is 0.607. The lowest BCUT2D eigenvalue weighted by molar-refractivity contribution is 0.0348. The highest BCUT2D eigenvalue weighted by Gasteiger charge is 2.29. The van der Waals surface area contributed by atoms with Crippen molar-refractivity contribution in [3.8, 4) is 0 Å². The summed E-state index contributed by atoms with van der Waals surface area (Å²) < 4.78 is 0. The predicted octanol–water partition coefficient (Wildman–Crippen LogP) is 1.56. The molecule has 0 aromatic carbocycles. The summed E-state index contributed by atoms with van der Waals surface area (Å²) >= 11 is 0. The monoisotopic (exact) mass is 182 g/mol. The Morgan fingerprint density at radius 1 is 1.08 bits per heavy atom. The highest BCUT2D eigenvalue weighted by molar-refractivity contribution is 4.85. The molecule has 0 aromatic heterocycles. The molecule has 0 N–H and O–H groups in total. The number of nitrogens with zero attached hydrogens (tertiary/aromatic N) is 2. The fraction of sp³-hybridized carbons (Fsp3) is 1.00. The van der Waals surface area contributed by atoms with Crippen LogP contribution in [0.2, 0.25) is 0 Å². The van der Waals surface area contributed by atoms with Gasteiger partial charge in [-0.15, -0.1) is 0 Å². The molecule has 2 heteroatoms. The van der Waals surface area contributed by atoms with E-state index in [4.69, 9.17) is 0 Å². The molecule has 0 aromatic rings. The van der Waals surface area contributed by atoms with Gasteiger partial charge < -0.3 is 0 Å². The number of fused-ring (bicyclic) bond motifs is 1. The van der Waals surface area contributed by atoms with Crippen molar-refractivity contribution in [3.63, 3.8) is 0 Å². The standard InChI is InChI=1S/C11H22N2/c1-10(2)13-8-7-12-6-4-3-5-11(12)9-13/h10-11H,3-9H2,1-2H3. The zero-order valence-corrected chi connectivity index (χ0v) is 9.00. The highest BCUT2D eigenvalue weighted by Crippen LogP contribution is 2.21. The van der Waals surface area contributed by atoms with Gasteiger partial charge in [0.15, 0.2) is 0 Å². The van der Waals surface area contributed by atoms with Crippen LogP contribution in [0.1, 0.15) is 33.1 Å². The molecular formula is C11H22N2. The lowest BCUT2D eigenvalue weighted by atomic mass is 9.99. The molecule has 2 nitrogen and oxygen atoms in total. The van der Waals surface area contributed by atoms with Gasteiger partial charge in [-0.05, 0) is 33.2 Å². The molecule has 0 saturated carbocycles. The first-order valence-electron chi connectivity index (χ1n) is 5.75. The molecule has 76 valence electrons. The van der Waals surface area contributed by atoms with Gasteiger partial charge in [0.2, 0.25) is 0 Å². The molecule has 2 aliphatic rings. The van der Waals surface area contributed by atoms with Gasteiger partial charge in [-0.2, -0.15) is 0 Å². The summed E-state index contributed by atoms with van der Waals surface area (Å²) in [6.07, 6.45) is 4.31. The highest BCUT2D eigenvalue weighted by atomic mass is 15.3. The summed E-state index contributed by atoms with van der Waals surface area (Å²) in [6.45, 7) is 9.91. The Bertz CT molecular complexity index is 167. The summed E-state index contributed by atoms with van der Waals surface area (Å²) in [6, 6.07) is 1.62. The smallest absolute Gasteiger partial charge is 0.0223 e. The predicted molar refractivity (Wildman–Crippen MR) is 55.9 cm³/mol. The second-order valence-corrected chi connectivity index (χ2v) is 4.77. The maximum atomic E-state index is 2.70. The summed E-state index contributed by atoms with van der Waals surface area (Å²) in [4.78, 5) is 5.33. The van der Waals surface area contributed by atoms with Gasteiger partial charge in [-0.25, -0.2) is 0 Å². The third-order valence-electron chi connectivity index (χ3n) is 3.60. The van der Waals surface area contributed by atoms with Crippen LogP contribution in [0.4, 0.5) is 0 Å². The topological polar surface area (TPSA) is 6.48 Å². The lowest BCUT2D eigenvalue weighted by Crippen LogP contribution is -2.56. The molecule has 0 amide bonds. The summed E-state index contributed by atoms with van der Waals surface area (Å²) in [5.74, 6) is 0. The van der Waals surface area contributed by atoms with Crippen LogP contribution in [0.5, 0.6) is 0 Å². The maximum absolute atomic E-state index is 2.70. The molecule has 1 atom stereocenters. The first kappa shape index (κ1) is 9.47. The van der Waals surface area contributed by atoms with E-state index < -0.39 is 0 Å². The lowest BCUT2D eigenvalue weighted by Gasteiger charge is -2.45. The van der Waals surface area contributed by atoms with E-state index in [9.17, 15) is 0 Å². The molecule has 0 spiro atoms. The van der Waals surface area contributed by atoms with Gasteiger partial charge >= 0.3 is 0 Å². The molecule has 0 radical (unpaired) electrons. The SMILES string of the molecule is CC(C)N1CCN2CCCCC2C1. The Morgan fingerprint density at radius 3 is 2.69 bits per heavy atom. The Balaban J connectivity index is 1.91. The molecule has 13 heavy (non-hydrogen) atoms. The van der Waals surface area contributed by atoms with Crippen molar-refractivity contribution in [2.75, 3.05) is 26.2 Å². The van der Waals surface area contributed by atoms with E-state index in [1.807, 2.05) is 0 Å². The summed E-state index contributed by atoms with van der Waals surface area (Å²) in [5, 5.41) is 0. The zero-order chi connectivity index (χ0) is 9.26. The second-order valence-electron chi connectivity index (χ2n) is 4.77. The fourth-order valence-electron chi connectivity index (χ4n) is 2.65. The summed E-state index contributed by atoms with van der Waals surface area (Å²) in [7, 11) is 0. The van der Waals surface area contributed by atoms with E-state index in [0.29, 0.717) is 0 Å². The Kier molecular flexibility index (Phi) is 2.89. The molecule has 2 fully saturated rings. The van der Waals surface area contributed by atoms with Gasteiger partial charge in [0.05, 0.1) is 0 Å². The van der Waals surface area contributed by atoms with E-state index in [0.717, 1.165) is 12.1 Å². The number of hydrogen-bond acceptors (Lipinski definition) is 2. The van der Waals surface area contributed by atoms with Crippen molar-refractivity contribution in [3.05, 3.63) is 0 Å². The number of hydrogen-bond donors (Lipinski definition) is 0. The van der Waals surface area contributed by atoms with E-state index in [1.54, 1.807) is 0 Å². The van der Waals surface area contributed by atoms with Crippen LogP contribution >= 0.6 is 0 Å². The zero-order valence-electron chi connectivity index (χ0n) is 9.00. The van der Waals surface area contributed by atoms with Gasteiger partial charge in [0.1, 0.15) is 0 Å². The van der Waals surface area contributed by atoms with E-state index in [1.165, 1.54) is 45.4 Å². The molecule has 2 rings (SSSR count). The molecule has 2 saturated heterocycles. The van der Waals surface area contributed by atoms with Crippen LogP contribution in [0, 0.1) is 0 Å². The van der Waals surface area contributed by atoms with Gasteiger partial charge in [0.25, 0.3) is 0 Å². The van der Waals surface area contributed by atoms with Crippen molar-refractivity contribution in [1.29, 1.82) is 0 Å². The minimum atomic E-state index is 0.740. The molecule has 2 heterocycles. The van der Waals surface area contributed by atoms with Crippen molar-refractivity contribution >= 4 is 0 Å². The average molecular weight is 182 g/mol. The number of piperidine rings is 1. The molecule has 1 unspecified atom stereocenters. The molecule has 2 aliphatic heterocycles. The maximum Gasteiger partial charge on any atom is 0.0223 e. The number of piperazine rings is 1. The first-order valence-corrected chi connectivity index (χ1v) is 5.75. The minimum Gasteiger partial charge on any atom is -0.298 e. The van der Waals surface area contributed by atoms with Crippen LogP contribution in [-0.4, -0.2) is 48.1 Å². The minimum absolute atomic E-state index is 0.740. The Labute approximate surface area is 81.9 Å². The van der Waals surface area contributed by atoms with Crippen LogP contribution in [0.25, 0.3) is 0 Å². The molecule has 0 aliphatic carbocycles. The average Bonchev–Trinajstić information content (AvgIpc) is 2.17. The normalized spacial score (nSPS) is 32.1. The largest absolute Gasteiger partial charge is 0.298 e. The van der Waals surface area contributed by atoms with Crippen molar-refractivity contribution < 1.29 is 0 Å². The Hall–Kier alpha value is -0.0800. The van der Waals surface area contributed by atoms with Gasteiger partial charge in [-0.3, -0.25) is 9.80 Å². The van der Waals surface area contributed by atoms with Crippen LogP contribution in [-0.2, 0) is 0 Å². The molecule has 0 bridgehead atoms. The molecular weight excluding hydrogens is 160 g/mol. The van der Waals surface area contributed by atoms with Crippen LogP contribution in [0.15, 0.2) is 0 Å². The van der Waals surface area contributed by atoms with E-state index in [2.05, 4.69) is 23.6 Å². The first-order chi connectivity index (χ1) is 6.27. The van der Waals surface area contributed by atoms with Crippen LogP contribution < -0.4 is 0 Å². The second kappa shape index (κ2) is 3.97. The Morgan fingerprint density at radius 2 is 1.92 bits per heavy atom. The van der Waals surface area contributed by atoms with Crippen molar-refractivity contribution in [2.45, 2.75) is 45.2 Å². The van der Waals surface area contributed by atoms with Crippen molar-refractivity contribution in [1.82, 2.24) is 9.80 Å². The summed E-state index contributed by atoms with van der Waals surface area (Å²) in [5.41, 5.74) is 0. The van der Waals surface area contributed by atoms with Crippen molar-refractivity contribution in [2.24, 2.45) is 0 Å². The van der Waals surface area contributed by atoms with E-state index in [-0.39, 0.29) is 0 Å². The third kappa shape index (κ3) is 2.05. The number of rotatable bonds is 1. The fourth-order valence-corrected chi connectivity index (χ4v) is 2.65. The third-order valence-corrected chi connectivity index (χ3v) is 3.60. The van der Waals surface area contributed by atoms with Gasteiger partial charge in [-0.1, -0.05) is 6.42 Å². The van der Waals surface area contributed by atoms with E-state index >= 15 is 0 Å². The van der Waals surface area contributed by atoms with Crippen LogP contribution in [0.3, 0.4) is 0 Å².